The topological polar surface area (TPSA) is 50.4 Å². The van der Waals surface area contributed by atoms with Gasteiger partial charge >= 0.3 is 0 Å². The fraction of sp³-hybridized carbons (Fsp3) is 0.316. The van der Waals surface area contributed by atoms with E-state index in [9.17, 15) is 9.18 Å². The number of hydrogen-bond donors (Lipinski definition) is 2. The van der Waals surface area contributed by atoms with E-state index in [1.165, 1.54) is 12.1 Å². The van der Waals surface area contributed by atoms with Crippen LogP contribution < -0.4 is 10.6 Å². The Labute approximate surface area is 141 Å². The summed E-state index contributed by atoms with van der Waals surface area (Å²) in [5.41, 5.74) is 3.03. The van der Waals surface area contributed by atoms with Crippen LogP contribution in [0.3, 0.4) is 0 Å². The van der Waals surface area contributed by atoms with Gasteiger partial charge in [0.1, 0.15) is 11.9 Å². The number of hydrogen-bond acceptors (Lipinski definition) is 3. The molecule has 1 atom stereocenters. The summed E-state index contributed by atoms with van der Waals surface area (Å²) in [5, 5.41) is 6.19. The summed E-state index contributed by atoms with van der Waals surface area (Å²) in [5.74, 6) is -0.265. The minimum atomic E-state index is -0.290. The molecule has 0 unspecified atom stereocenters. The molecule has 0 aromatic heterocycles. The zero-order valence-corrected chi connectivity index (χ0v) is 13.4. The van der Waals surface area contributed by atoms with Crippen LogP contribution in [0.2, 0.25) is 0 Å². The van der Waals surface area contributed by atoms with Gasteiger partial charge in [0.2, 0.25) is 5.91 Å². The average Bonchev–Trinajstić information content (AvgIpc) is 3.15. The first-order valence-corrected chi connectivity index (χ1v) is 8.17. The Bertz CT molecular complexity index is 665. The highest BCUT2D eigenvalue weighted by Gasteiger charge is 2.22. The van der Waals surface area contributed by atoms with Gasteiger partial charge in [0, 0.05) is 25.4 Å². The summed E-state index contributed by atoms with van der Waals surface area (Å²) >= 11 is 0. The van der Waals surface area contributed by atoms with Crippen molar-refractivity contribution in [3.8, 4) is 0 Å². The van der Waals surface area contributed by atoms with Crippen molar-refractivity contribution in [1.29, 1.82) is 0 Å². The van der Waals surface area contributed by atoms with Crippen LogP contribution >= 0.6 is 0 Å². The van der Waals surface area contributed by atoms with Crippen molar-refractivity contribution < 1.29 is 13.9 Å². The Morgan fingerprint density at radius 1 is 1.04 bits per heavy atom. The minimum absolute atomic E-state index is 0.0361. The molecule has 5 heteroatoms. The Balaban J connectivity index is 1.46. The molecule has 1 aliphatic rings. The molecule has 1 aliphatic heterocycles. The predicted molar refractivity (Wildman–Crippen MR) is 91.0 cm³/mol. The van der Waals surface area contributed by atoms with E-state index in [0.717, 1.165) is 29.7 Å². The van der Waals surface area contributed by atoms with E-state index < -0.39 is 0 Å². The van der Waals surface area contributed by atoms with Crippen LogP contribution in [0.4, 0.5) is 10.1 Å². The molecule has 1 heterocycles. The number of rotatable bonds is 6. The second-order valence-electron chi connectivity index (χ2n) is 5.90. The molecule has 0 bridgehead atoms. The summed E-state index contributed by atoms with van der Waals surface area (Å²) in [6.45, 7) is 1.80. The summed E-state index contributed by atoms with van der Waals surface area (Å²) < 4.78 is 18.2. The second kappa shape index (κ2) is 7.93. The van der Waals surface area contributed by atoms with E-state index in [-0.39, 0.29) is 17.8 Å². The lowest BCUT2D eigenvalue weighted by molar-refractivity contribution is -0.130. The molecule has 0 radical (unpaired) electrons. The summed E-state index contributed by atoms with van der Waals surface area (Å²) in [7, 11) is 0. The summed E-state index contributed by atoms with van der Waals surface area (Å²) in [4.78, 5) is 11.9. The van der Waals surface area contributed by atoms with E-state index in [4.69, 9.17) is 4.74 Å². The van der Waals surface area contributed by atoms with Crippen molar-refractivity contribution in [3.05, 3.63) is 65.5 Å². The van der Waals surface area contributed by atoms with Gasteiger partial charge in [-0.2, -0.15) is 0 Å². The van der Waals surface area contributed by atoms with Crippen LogP contribution in [-0.2, 0) is 22.6 Å². The molecule has 0 aliphatic carbocycles. The van der Waals surface area contributed by atoms with Gasteiger partial charge < -0.3 is 15.4 Å². The lowest BCUT2D eigenvalue weighted by Crippen LogP contribution is -2.33. The van der Waals surface area contributed by atoms with Gasteiger partial charge in [0.15, 0.2) is 0 Å². The van der Waals surface area contributed by atoms with E-state index in [0.29, 0.717) is 19.7 Å². The first-order chi connectivity index (χ1) is 11.7. The maximum atomic E-state index is 12.9. The Morgan fingerprint density at radius 3 is 2.38 bits per heavy atom. The van der Waals surface area contributed by atoms with Crippen LogP contribution in [0.25, 0.3) is 0 Å². The molecule has 2 aromatic rings. The molecule has 1 saturated heterocycles. The molecule has 2 N–H and O–H groups in total. The fourth-order valence-electron chi connectivity index (χ4n) is 2.63. The van der Waals surface area contributed by atoms with Gasteiger partial charge in [-0.3, -0.25) is 4.79 Å². The van der Waals surface area contributed by atoms with Crippen LogP contribution in [0.5, 0.6) is 0 Å². The highest BCUT2D eigenvalue weighted by atomic mass is 19.1. The molecule has 4 nitrogen and oxygen atoms in total. The molecule has 1 amide bonds. The molecule has 1 fully saturated rings. The number of halogens is 1. The fourth-order valence-corrected chi connectivity index (χ4v) is 2.63. The Kier molecular flexibility index (Phi) is 5.43. The third kappa shape index (κ3) is 4.55. The predicted octanol–water partition coefficient (Wildman–Crippen LogP) is 3.23. The van der Waals surface area contributed by atoms with E-state index in [1.54, 1.807) is 12.1 Å². The van der Waals surface area contributed by atoms with Crippen LogP contribution in [0.1, 0.15) is 24.0 Å². The molecule has 3 rings (SSSR count). The third-order valence-electron chi connectivity index (χ3n) is 4.05. The molecule has 126 valence electrons. The first kappa shape index (κ1) is 16.5. The maximum Gasteiger partial charge on any atom is 0.249 e. The molecule has 24 heavy (non-hydrogen) atoms. The number of ether oxygens (including phenoxy) is 1. The highest BCUT2D eigenvalue weighted by Crippen LogP contribution is 2.14. The summed E-state index contributed by atoms with van der Waals surface area (Å²) in [6.07, 6.45) is 1.46. The molecule has 0 spiro atoms. The number of benzene rings is 2. The van der Waals surface area contributed by atoms with Gasteiger partial charge in [-0.15, -0.1) is 0 Å². The number of carbonyl (C=O) groups is 1. The minimum Gasteiger partial charge on any atom is -0.381 e. The van der Waals surface area contributed by atoms with Crippen LogP contribution in [0, 0.1) is 5.82 Å². The SMILES string of the molecule is O=C(NCc1ccc(NCc2ccc(F)cc2)cc1)[C@H]1CCCO1. The molecular weight excluding hydrogens is 307 g/mol. The second-order valence-corrected chi connectivity index (χ2v) is 5.90. The zero-order chi connectivity index (χ0) is 16.8. The quantitative estimate of drug-likeness (QED) is 0.856. The first-order valence-electron chi connectivity index (χ1n) is 8.17. The number of carbonyl (C=O) groups excluding carboxylic acids is 1. The van der Waals surface area contributed by atoms with Crippen molar-refractivity contribution in [2.24, 2.45) is 0 Å². The summed E-state index contributed by atoms with van der Waals surface area (Å²) in [6, 6.07) is 14.3. The monoisotopic (exact) mass is 328 g/mol. The van der Waals surface area contributed by atoms with Crippen molar-refractivity contribution in [2.75, 3.05) is 11.9 Å². The van der Waals surface area contributed by atoms with Crippen molar-refractivity contribution in [1.82, 2.24) is 5.32 Å². The largest absolute Gasteiger partial charge is 0.381 e. The number of anilines is 1. The van der Waals surface area contributed by atoms with Gasteiger partial charge in [-0.25, -0.2) is 4.39 Å². The molecule has 2 aromatic carbocycles. The smallest absolute Gasteiger partial charge is 0.249 e. The molecule has 0 saturated carbocycles. The highest BCUT2D eigenvalue weighted by molar-refractivity contribution is 5.80. The standard InChI is InChI=1S/C19H21FN2O2/c20-16-7-3-14(4-8-16)12-21-17-9-5-15(6-10-17)13-22-19(23)18-2-1-11-24-18/h3-10,18,21H,1-2,11-13H2,(H,22,23)/t18-/m1/s1. The zero-order valence-electron chi connectivity index (χ0n) is 13.4. The normalized spacial score (nSPS) is 16.8. The number of amides is 1. The molecular formula is C19H21FN2O2. The lowest BCUT2D eigenvalue weighted by atomic mass is 10.1. The van der Waals surface area contributed by atoms with Gasteiger partial charge in [-0.05, 0) is 48.2 Å². The van der Waals surface area contributed by atoms with Gasteiger partial charge in [-0.1, -0.05) is 24.3 Å². The van der Waals surface area contributed by atoms with Crippen molar-refractivity contribution in [3.63, 3.8) is 0 Å². The van der Waals surface area contributed by atoms with Crippen LogP contribution in [0.15, 0.2) is 48.5 Å². The maximum absolute atomic E-state index is 12.9. The van der Waals surface area contributed by atoms with Crippen molar-refractivity contribution >= 4 is 11.6 Å². The lowest BCUT2D eigenvalue weighted by Gasteiger charge is -2.11. The van der Waals surface area contributed by atoms with Crippen LogP contribution in [-0.4, -0.2) is 18.6 Å². The Morgan fingerprint density at radius 2 is 1.71 bits per heavy atom. The van der Waals surface area contributed by atoms with E-state index in [1.807, 2.05) is 24.3 Å². The van der Waals surface area contributed by atoms with Gasteiger partial charge in [0.05, 0.1) is 0 Å². The number of nitrogens with one attached hydrogen (secondary N) is 2. The van der Waals surface area contributed by atoms with Crippen molar-refractivity contribution in [2.45, 2.75) is 32.0 Å². The average molecular weight is 328 g/mol. The third-order valence-corrected chi connectivity index (χ3v) is 4.05. The van der Waals surface area contributed by atoms with E-state index in [2.05, 4.69) is 10.6 Å². The Hall–Kier alpha value is -2.40. The van der Waals surface area contributed by atoms with Gasteiger partial charge in [0.25, 0.3) is 0 Å². The van der Waals surface area contributed by atoms with E-state index >= 15 is 0 Å².